The van der Waals surface area contributed by atoms with Gasteiger partial charge in [0.1, 0.15) is 5.82 Å². The third kappa shape index (κ3) is 3.17. The summed E-state index contributed by atoms with van der Waals surface area (Å²) >= 11 is 0. The Morgan fingerprint density at radius 3 is 2.73 bits per heavy atom. The molecule has 1 amide bonds. The normalized spacial score (nSPS) is 11.9. The first-order chi connectivity index (χ1) is 7.17. The topological polar surface area (TPSA) is 92.9 Å². The van der Waals surface area contributed by atoms with E-state index in [1.807, 2.05) is 6.92 Å². The highest BCUT2D eigenvalue weighted by atomic mass is 16.1. The number of carbonyl (C=O) groups excluding carboxylic acids is 1. The van der Waals surface area contributed by atoms with Gasteiger partial charge in [-0.25, -0.2) is 0 Å². The standard InChI is InChI=1S/C9H15N5O/c1-6(5-10)12-8-4-3-7(13-14-8)9(15)11-2/h3-4,6H,5,10H2,1-2H3,(H,11,15)(H,12,14). The Morgan fingerprint density at radius 1 is 1.53 bits per heavy atom. The molecule has 0 aliphatic rings. The second kappa shape index (κ2) is 5.26. The van der Waals surface area contributed by atoms with Crippen LogP contribution in [0.3, 0.4) is 0 Å². The van der Waals surface area contributed by atoms with Crippen molar-refractivity contribution in [2.24, 2.45) is 5.73 Å². The van der Waals surface area contributed by atoms with Crippen molar-refractivity contribution in [1.29, 1.82) is 0 Å². The summed E-state index contributed by atoms with van der Waals surface area (Å²) < 4.78 is 0. The fourth-order valence-corrected chi connectivity index (χ4v) is 0.970. The van der Waals surface area contributed by atoms with E-state index in [2.05, 4.69) is 20.8 Å². The molecule has 0 fully saturated rings. The maximum atomic E-state index is 11.1. The summed E-state index contributed by atoms with van der Waals surface area (Å²) in [7, 11) is 1.55. The lowest BCUT2D eigenvalue weighted by Gasteiger charge is -2.10. The van der Waals surface area contributed by atoms with Crippen LogP contribution in [0.1, 0.15) is 17.4 Å². The molecule has 15 heavy (non-hydrogen) atoms. The molecule has 1 unspecified atom stereocenters. The van der Waals surface area contributed by atoms with Gasteiger partial charge in [0.05, 0.1) is 0 Å². The maximum absolute atomic E-state index is 11.1. The van der Waals surface area contributed by atoms with E-state index in [9.17, 15) is 4.79 Å². The molecule has 0 aromatic carbocycles. The molecule has 0 bridgehead atoms. The Balaban J connectivity index is 2.68. The molecule has 0 aliphatic heterocycles. The predicted octanol–water partition coefficient (Wildman–Crippen LogP) is -0.405. The van der Waals surface area contributed by atoms with Crippen molar-refractivity contribution in [2.75, 3.05) is 18.9 Å². The fraction of sp³-hybridized carbons (Fsp3) is 0.444. The molecule has 1 heterocycles. The van der Waals surface area contributed by atoms with Gasteiger partial charge in [0.15, 0.2) is 5.69 Å². The van der Waals surface area contributed by atoms with E-state index in [-0.39, 0.29) is 11.9 Å². The van der Waals surface area contributed by atoms with Gasteiger partial charge in [0.25, 0.3) is 5.91 Å². The Bertz CT molecular complexity index is 324. The van der Waals surface area contributed by atoms with Crippen molar-refractivity contribution in [3.63, 3.8) is 0 Å². The van der Waals surface area contributed by atoms with Gasteiger partial charge >= 0.3 is 0 Å². The average molecular weight is 209 g/mol. The SMILES string of the molecule is CNC(=O)c1ccc(NC(C)CN)nn1. The number of anilines is 1. The predicted molar refractivity (Wildman–Crippen MR) is 57.6 cm³/mol. The third-order valence-electron chi connectivity index (χ3n) is 1.87. The number of nitrogens with one attached hydrogen (secondary N) is 2. The van der Waals surface area contributed by atoms with E-state index in [0.717, 1.165) is 0 Å². The summed E-state index contributed by atoms with van der Waals surface area (Å²) in [6.07, 6.45) is 0. The van der Waals surface area contributed by atoms with Crippen molar-refractivity contribution in [3.05, 3.63) is 17.8 Å². The molecule has 82 valence electrons. The fourth-order valence-electron chi connectivity index (χ4n) is 0.970. The van der Waals surface area contributed by atoms with Gasteiger partial charge < -0.3 is 16.4 Å². The van der Waals surface area contributed by atoms with Gasteiger partial charge in [-0.15, -0.1) is 10.2 Å². The minimum Gasteiger partial charge on any atom is -0.365 e. The molecule has 1 aromatic rings. The number of hydrogen-bond acceptors (Lipinski definition) is 5. The number of aromatic nitrogens is 2. The van der Waals surface area contributed by atoms with Crippen molar-refractivity contribution in [2.45, 2.75) is 13.0 Å². The second-order valence-electron chi connectivity index (χ2n) is 3.16. The van der Waals surface area contributed by atoms with Crippen molar-refractivity contribution < 1.29 is 4.79 Å². The molecule has 6 nitrogen and oxygen atoms in total. The highest BCUT2D eigenvalue weighted by Crippen LogP contribution is 2.03. The van der Waals surface area contributed by atoms with Crippen molar-refractivity contribution >= 4 is 11.7 Å². The minimum atomic E-state index is -0.249. The number of amides is 1. The zero-order chi connectivity index (χ0) is 11.3. The molecule has 0 saturated heterocycles. The van der Waals surface area contributed by atoms with Gasteiger partial charge in [0.2, 0.25) is 0 Å². The molecule has 0 spiro atoms. The van der Waals surface area contributed by atoms with Crippen LogP contribution in [0.15, 0.2) is 12.1 Å². The van der Waals surface area contributed by atoms with E-state index in [1.54, 1.807) is 19.2 Å². The zero-order valence-corrected chi connectivity index (χ0v) is 8.82. The van der Waals surface area contributed by atoms with Gasteiger partial charge in [-0.3, -0.25) is 4.79 Å². The highest BCUT2D eigenvalue weighted by Gasteiger charge is 2.06. The number of nitrogens with two attached hydrogens (primary N) is 1. The first kappa shape index (κ1) is 11.4. The van der Waals surface area contributed by atoms with Crippen LogP contribution < -0.4 is 16.4 Å². The Kier molecular flexibility index (Phi) is 3.99. The van der Waals surface area contributed by atoms with Crippen LogP contribution in [0.25, 0.3) is 0 Å². The first-order valence-electron chi connectivity index (χ1n) is 4.69. The summed E-state index contributed by atoms with van der Waals surface area (Å²) in [5.74, 6) is 0.363. The lowest BCUT2D eigenvalue weighted by atomic mass is 10.3. The third-order valence-corrected chi connectivity index (χ3v) is 1.87. The van der Waals surface area contributed by atoms with E-state index in [1.165, 1.54) is 0 Å². The molecule has 0 saturated carbocycles. The number of rotatable bonds is 4. The molecular weight excluding hydrogens is 194 g/mol. The first-order valence-corrected chi connectivity index (χ1v) is 4.69. The lowest BCUT2D eigenvalue weighted by Crippen LogP contribution is -2.26. The van der Waals surface area contributed by atoms with Crippen molar-refractivity contribution in [1.82, 2.24) is 15.5 Å². The molecule has 0 radical (unpaired) electrons. The molecular formula is C9H15N5O. The van der Waals surface area contributed by atoms with Gasteiger partial charge in [-0.2, -0.15) is 0 Å². The molecule has 1 rings (SSSR count). The van der Waals surface area contributed by atoms with Crippen molar-refractivity contribution in [3.8, 4) is 0 Å². The van der Waals surface area contributed by atoms with Crippen LogP contribution in [0, 0.1) is 0 Å². The van der Waals surface area contributed by atoms with E-state index in [0.29, 0.717) is 18.1 Å². The highest BCUT2D eigenvalue weighted by molar-refractivity contribution is 5.91. The number of nitrogens with zero attached hydrogens (tertiary/aromatic N) is 2. The molecule has 1 aromatic heterocycles. The summed E-state index contributed by atoms with van der Waals surface area (Å²) in [6, 6.07) is 3.44. The number of hydrogen-bond donors (Lipinski definition) is 3. The Labute approximate surface area is 88.3 Å². The van der Waals surface area contributed by atoms with Gasteiger partial charge in [0, 0.05) is 19.6 Å². The van der Waals surface area contributed by atoms with Crippen LogP contribution in [0.5, 0.6) is 0 Å². The van der Waals surface area contributed by atoms with Crippen LogP contribution in [-0.2, 0) is 0 Å². The van der Waals surface area contributed by atoms with Crippen LogP contribution in [-0.4, -0.2) is 35.7 Å². The van der Waals surface area contributed by atoms with E-state index < -0.39 is 0 Å². The molecule has 6 heteroatoms. The molecule has 0 aliphatic carbocycles. The Morgan fingerprint density at radius 2 is 2.27 bits per heavy atom. The summed E-state index contributed by atoms with van der Waals surface area (Å²) in [5.41, 5.74) is 5.74. The Hall–Kier alpha value is -1.69. The monoisotopic (exact) mass is 209 g/mol. The minimum absolute atomic E-state index is 0.130. The summed E-state index contributed by atoms with van der Waals surface area (Å²) in [5, 5.41) is 13.1. The largest absolute Gasteiger partial charge is 0.365 e. The van der Waals surface area contributed by atoms with Crippen LogP contribution >= 0.6 is 0 Å². The summed E-state index contributed by atoms with van der Waals surface area (Å²) in [6.45, 7) is 2.45. The smallest absolute Gasteiger partial charge is 0.271 e. The van der Waals surface area contributed by atoms with Crippen LogP contribution in [0.4, 0.5) is 5.82 Å². The van der Waals surface area contributed by atoms with Gasteiger partial charge in [-0.05, 0) is 19.1 Å². The van der Waals surface area contributed by atoms with Gasteiger partial charge in [-0.1, -0.05) is 0 Å². The summed E-state index contributed by atoms with van der Waals surface area (Å²) in [4.78, 5) is 11.1. The van der Waals surface area contributed by atoms with E-state index in [4.69, 9.17) is 5.73 Å². The zero-order valence-electron chi connectivity index (χ0n) is 8.82. The molecule has 4 N–H and O–H groups in total. The average Bonchev–Trinajstić information content (AvgIpc) is 2.29. The lowest BCUT2D eigenvalue weighted by molar-refractivity contribution is 0.0957. The number of carbonyl (C=O) groups is 1. The molecule has 1 atom stereocenters. The second-order valence-corrected chi connectivity index (χ2v) is 3.16. The van der Waals surface area contributed by atoms with Crippen LogP contribution in [0.2, 0.25) is 0 Å². The van der Waals surface area contributed by atoms with E-state index >= 15 is 0 Å². The maximum Gasteiger partial charge on any atom is 0.271 e. The quantitative estimate of drug-likeness (QED) is 0.627.